The molecule has 20 heavy (non-hydrogen) atoms. The third-order valence-electron chi connectivity index (χ3n) is 3.12. The molecule has 0 spiro atoms. The van der Waals surface area contributed by atoms with E-state index in [9.17, 15) is 0 Å². The summed E-state index contributed by atoms with van der Waals surface area (Å²) in [5.74, 6) is 0. The number of rotatable bonds is 5. The molecule has 0 aromatic carbocycles. The summed E-state index contributed by atoms with van der Waals surface area (Å²) < 4.78 is 0. The molecule has 110 valence electrons. The van der Waals surface area contributed by atoms with Crippen LogP contribution in [-0.2, 0) is 18.4 Å². The molecule has 2 heterocycles. The molecule has 0 bridgehead atoms. The first-order valence-corrected chi connectivity index (χ1v) is 8.72. The zero-order valence-corrected chi connectivity index (χ0v) is 14.6. The largest absolute Gasteiger partial charge is 0.309 e. The molecule has 2 nitrogen and oxygen atoms in total. The van der Waals surface area contributed by atoms with Crippen molar-refractivity contribution in [1.29, 1.82) is 0 Å². The van der Waals surface area contributed by atoms with Crippen molar-refractivity contribution < 1.29 is 0 Å². The Balaban J connectivity index is 1.84. The fraction of sp³-hybridized carbons (Fsp3) is 0.562. The zero-order chi connectivity index (χ0) is 14.8. The molecule has 1 N–H and O–H groups in total. The zero-order valence-electron chi connectivity index (χ0n) is 13.0. The Labute approximate surface area is 130 Å². The molecule has 0 aliphatic carbocycles. The Kier molecular flexibility index (Phi) is 4.99. The third-order valence-corrected chi connectivity index (χ3v) is 5.57. The van der Waals surface area contributed by atoms with Crippen LogP contribution >= 0.6 is 22.7 Å². The number of nitrogens with one attached hydrogen (secondary N) is 1. The van der Waals surface area contributed by atoms with Gasteiger partial charge < -0.3 is 5.32 Å². The Morgan fingerprint density at radius 2 is 1.95 bits per heavy atom. The van der Waals surface area contributed by atoms with Crippen molar-refractivity contribution in [3.63, 3.8) is 0 Å². The first-order valence-electron chi connectivity index (χ1n) is 7.08. The van der Waals surface area contributed by atoms with Gasteiger partial charge in [-0.1, -0.05) is 20.8 Å². The summed E-state index contributed by atoms with van der Waals surface area (Å²) >= 11 is 3.72. The molecule has 0 aliphatic heterocycles. The molecule has 0 saturated carbocycles. The number of hydrogen-bond donors (Lipinski definition) is 1. The monoisotopic (exact) mass is 308 g/mol. The first kappa shape index (κ1) is 15.7. The van der Waals surface area contributed by atoms with Gasteiger partial charge in [0.2, 0.25) is 0 Å². The van der Waals surface area contributed by atoms with E-state index in [0.29, 0.717) is 6.04 Å². The molecule has 0 fully saturated rings. The summed E-state index contributed by atoms with van der Waals surface area (Å²) in [6.07, 6.45) is 3.11. The maximum atomic E-state index is 4.53. The second kappa shape index (κ2) is 6.37. The van der Waals surface area contributed by atoms with Crippen LogP contribution in [0.4, 0.5) is 0 Å². The highest BCUT2D eigenvalue weighted by atomic mass is 32.1. The van der Waals surface area contributed by atoms with E-state index in [0.717, 1.165) is 13.0 Å². The molecule has 0 saturated heterocycles. The van der Waals surface area contributed by atoms with E-state index in [-0.39, 0.29) is 5.41 Å². The van der Waals surface area contributed by atoms with Crippen LogP contribution in [0.3, 0.4) is 0 Å². The van der Waals surface area contributed by atoms with Gasteiger partial charge in [0.15, 0.2) is 0 Å². The van der Waals surface area contributed by atoms with Crippen LogP contribution in [0.5, 0.6) is 0 Å². The van der Waals surface area contributed by atoms with Crippen molar-refractivity contribution >= 4 is 22.7 Å². The van der Waals surface area contributed by atoms with Gasteiger partial charge in [0.1, 0.15) is 0 Å². The summed E-state index contributed by atoms with van der Waals surface area (Å²) in [4.78, 5) is 8.71. The predicted molar refractivity (Wildman–Crippen MR) is 89.9 cm³/mol. The first-order chi connectivity index (χ1) is 9.34. The van der Waals surface area contributed by atoms with Gasteiger partial charge >= 0.3 is 0 Å². The van der Waals surface area contributed by atoms with Crippen LogP contribution in [-0.4, -0.2) is 11.0 Å². The highest BCUT2D eigenvalue weighted by Crippen LogP contribution is 2.26. The topological polar surface area (TPSA) is 24.9 Å². The van der Waals surface area contributed by atoms with Crippen LogP contribution < -0.4 is 5.32 Å². The summed E-state index contributed by atoms with van der Waals surface area (Å²) in [6.45, 7) is 12.0. The Bertz CT molecular complexity index is 549. The van der Waals surface area contributed by atoms with Gasteiger partial charge in [0.05, 0.1) is 5.01 Å². The number of thiazole rings is 1. The van der Waals surface area contributed by atoms with Crippen LogP contribution in [0.2, 0.25) is 0 Å². The number of aromatic nitrogens is 1. The lowest BCUT2D eigenvalue weighted by molar-refractivity contribution is 0.551. The van der Waals surface area contributed by atoms with Gasteiger partial charge in [-0.2, -0.15) is 0 Å². The molecule has 2 rings (SSSR count). The summed E-state index contributed by atoms with van der Waals surface area (Å²) in [5, 5.41) is 4.82. The lowest BCUT2D eigenvalue weighted by atomic mass is 9.98. The number of thiophene rings is 1. The average molecular weight is 309 g/mol. The van der Waals surface area contributed by atoms with Crippen molar-refractivity contribution in [2.45, 2.75) is 59.0 Å². The summed E-state index contributed by atoms with van der Waals surface area (Å²) in [5.41, 5.74) is 0.156. The van der Waals surface area contributed by atoms with E-state index in [1.54, 1.807) is 0 Å². The smallest absolute Gasteiger partial charge is 0.0981 e. The van der Waals surface area contributed by atoms with Gasteiger partial charge in [-0.05, 0) is 32.4 Å². The highest BCUT2D eigenvalue weighted by molar-refractivity contribution is 7.12. The second-order valence-corrected chi connectivity index (χ2v) is 8.87. The molecule has 4 heteroatoms. The van der Waals surface area contributed by atoms with Crippen molar-refractivity contribution in [3.8, 4) is 0 Å². The highest BCUT2D eigenvalue weighted by Gasteiger charge is 2.18. The SMILES string of the molecule is Cc1ccc(CC(C)NCc2cnc(C(C)(C)C)s2)s1. The van der Waals surface area contributed by atoms with Crippen LogP contribution in [0.25, 0.3) is 0 Å². The molecule has 0 aliphatic rings. The van der Waals surface area contributed by atoms with Gasteiger partial charge in [0, 0.05) is 38.8 Å². The Morgan fingerprint density at radius 3 is 2.50 bits per heavy atom. The maximum absolute atomic E-state index is 4.53. The second-order valence-electron chi connectivity index (χ2n) is 6.38. The van der Waals surface area contributed by atoms with Crippen LogP contribution in [0.1, 0.15) is 47.3 Å². The average Bonchev–Trinajstić information content (AvgIpc) is 2.95. The lowest BCUT2D eigenvalue weighted by Gasteiger charge is -2.14. The molecule has 0 amide bonds. The van der Waals surface area contributed by atoms with E-state index < -0.39 is 0 Å². The number of aryl methyl sites for hydroxylation is 1. The fourth-order valence-electron chi connectivity index (χ4n) is 1.98. The van der Waals surface area contributed by atoms with Crippen molar-refractivity contribution in [1.82, 2.24) is 10.3 Å². The molecular weight excluding hydrogens is 284 g/mol. The van der Waals surface area contributed by atoms with E-state index >= 15 is 0 Å². The van der Waals surface area contributed by atoms with E-state index in [1.807, 2.05) is 28.9 Å². The molecule has 2 aromatic rings. The third kappa shape index (κ3) is 4.40. The Hall–Kier alpha value is -0.710. The van der Waals surface area contributed by atoms with Gasteiger partial charge in [-0.25, -0.2) is 4.98 Å². The quantitative estimate of drug-likeness (QED) is 0.877. The molecule has 2 aromatic heterocycles. The van der Waals surface area contributed by atoms with Crippen molar-refractivity contribution in [2.24, 2.45) is 0 Å². The molecule has 0 radical (unpaired) electrons. The van der Waals surface area contributed by atoms with Gasteiger partial charge in [-0.15, -0.1) is 22.7 Å². The standard InChI is InChI=1S/C16H24N2S2/c1-11(8-13-7-6-12(2)19-13)17-9-14-10-18-15(20-14)16(3,4)5/h6-7,10-11,17H,8-9H2,1-5H3. The van der Waals surface area contributed by atoms with Crippen LogP contribution in [0.15, 0.2) is 18.3 Å². The van der Waals surface area contributed by atoms with E-state index in [1.165, 1.54) is 19.6 Å². The molecule has 1 unspecified atom stereocenters. The maximum Gasteiger partial charge on any atom is 0.0981 e. The predicted octanol–water partition coefficient (Wildman–Crippen LogP) is 4.53. The van der Waals surface area contributed by atoms with E-state index in [2.05, 4.69) is 57.1 Å². The van der Waals surface area contributed by atoms with Crippen LogP contribution in [0, 0.1) is 6.92 Å². The Morgan fingerprint density at radius 1 is 1.20 bits per heavy atom. The van der Waals surface area contributed by atoms with Crippen molar-refractivity contribution in [2.75, 3.05) is 0 Å². The molecule has 1 atom stereocenters. The van der Waals surface area contributed by atoms with E-state index in [4.69, 9.17) is 0 Å². The fourth-order valence-corrected chi connectivity index (χ4v) is 3.92. The minimum atomic E-state index is 0.156. The summed E-state index contributed by atoms with van der Waals surface area (Å²) in [6, 6.07) is 4.93. The lowest BCUT2D eigenvalue weighted by Crippen LogP contribution is -2.26. The normalized spacial score (nSPS) is 13.7. The minimum absolute atomic E-state index is 0.156. The van der Waals surface area contributed by atoms with Gasteiger partial charge in [0.25, 0.3) is 0 Å². The minimum Gasteiger partial charge on any atom is -0.309 e. The molecular formula is C16H24N2S2. The van der Waals surface area contributed by atoms with Crippen molar-refractivity contribution in [3.05, 3.63) is 38.0 Å². The number of nitrogens with zero attached hydrogens (tertiary/aromatic N) is 1. The summed E-state index contributed by atoms with van der Waals surface area (Å²) in [7, 11) is 0. The van der Waals surface area contributed by atoms with Gasteiger partial charge in [-0.3, -0.25) is 0 Å². The number of hydrogen-bond acceptors (Lipinski definition) is 4.